The normalized spacial score (nSPS) is 11.9. The van der Waals surface area contributed by atoms with Gasteiger partial charge >= 0.3 is 0 Å². The number of fused-ring (bicyclic) bond motifs is 1. The quantitative estimate of drug-likeness (QED) is 0.722. The summed E-state index contributed by atoms with van der Waals surface area (Å²) in [4.78, 5) is 0.216. The zero-order valence-electron chi connectivity index (χ0n) is 10.4. The van der Waals surface area contributed by atoms with Gasteiger partial charge in [0.2, 0.25) is 0 Å². The van der Waals surface area contributed by atoms with Gasteiger partial charge in [0.05, 0.1) is 4.90 Å². The summed E-state index contributed by atoms with van der Waals surface area (Å²) < 4.78 is 24.7. The van der Waals surface area contributed by atoms with Gasteiger partial charge < -0.3 is 0 Å². The summed E-state index contributed by atoms with van der Waals surface area (Å²) in [7, 11) is -3.28. The largest absolute Gasteiger partial charge is 0.224 e. The van der Waals surface area contributed by atoms with Crippen molar-refractivity contribution in [3.8, 4) is 11.4 Å². The van der Waals surface area contributed by atoms with Crippen LogP contribution < -0.4 is 0 Å². The first-order valence-electron chi connectivity index (χ1n) is 5.63. The lowest BCUT2D eigenvalue weighted by molar-refractivity contribution is 0.602. The van der Waals surface area contributed by atoms with Crippen molar-refractivity contribution < 1.29 is 8.42 Å². The standard InChI is InChI=1S/C12H9ClN4O2S/c1-20(18,19)9-4-2-3-8(7-9)12-15-14-11-6-5-10(13)16-17(11)12/h2-7H,1H3. The average Bonchev–Trinajstić information content (AvgIpc) is 2.81. The summed E-state index contributed by atoms with van der Waals surface area (Å²) >= 11 is 5.86. The van der Waals surface area contributed by atoms with Crippen molar-refractivity contribution in [2.24, 2.45) is 0 Å². The van der Waals surface area contributed by atoms with E-state index in [-0.39, 0.29) is 4.90 Å². The molecule has 0 N–H and O–H groups in total. The smallest absolute Gasteiger partial charge is 0.185 e. The summed E-state index contributed by atoms with van der Waals surface area (Å²) in [5.74, 6) is 0.438. The van der Waals surface area contributed by atoms with Crippen molar-refractivity contribution in [2.45, 2.75) is 4.90 Å². The lowest BCUT2D eigenvalue weighted by atomic mass is 10.2. The number of rotatable bonds is 2. The third-order valence-electron chi connectivity index (χ3n) is 2.75. The molecule has 0 radical (unpaired) electrons. The summed E-state index contributed by atoms with van der Waals surface area (Å²) in [6.45, 7) is 0. The molecule has 0 spiro atoms. The average molecular weight is 309 g/mol. The van der Waals surface area contributed by atoms with Crippen LogP contribution in [-0.4, -0.2) is 34.5 Å². The highest BCUT2D eigenvalue weighted by atomic mass is 35.5. The molecule has 3 aromatic rings. The molecule has 1 aromatic carbocycles. The zero-order chi connectivity index (χ0) is 14.3. The summed E-state index contributed by atoms with van der Waals surface area (Å²) in [6, 6.07) is 9.76. The Labute approximate surface area is 119 Å². The van der Waals surface area contributed by atoms with Crippen LogP contribution >= 0.6 is 11.6 Å². The Hall–Kier alpha value is -1.99. The molecule has 3 rings (SSSR count). The molecule has 0 aliphatic rings. The molecule has 6 nitrogen and oxygen atoms in total. The SMILES string of the molecule is CS(=O)(=O)c1cccc(-c2nnc3ccc(Cl)nn23)c1. The van der Waals surface area contributed by atoms with E-state index in [0.29, 0.717) is 22.2 Å². The van der Waals surface area contributed by atoms with Crippen LogP contribution in [-0.2, 0) is 9.84 Å². The van der Waals surface area contributed by atoms with Crippen LogP contribution in [0.1, 0.15) is 0 Å². The van der Waals surface area contributed by atoms with Gasteiger partial charge in [0.15, 0.2) is 21.3 Å². The molecule has 0 aliphatic heterocycles. The molecule has 102 valence electrons. The highest BCUT2D eigenvalue weighted by molar-refractivity contribution is 7.90. The van der Waals surface area contributed by atoms with E-state index in [0.717, 1.165) is 6.26 Å². The van der Waals surface area contributed by atoms with Gasteiger partial charge in [0.1, 0.15) is 5.15 Å². The molecular weight excluding hydrogens is 300 g/mol. The molecular formula is C12H9ClN4O2S. The Morgan fingerprint density at radius 3 is 2.70 bits per heavy atom. The van der Waals surface area contributed by atoms with Gasteiger partial charge in [-0.25, -0.2) is 8.42 Å². The van der Waals surface area contributed by atoms with E-state index in [1.165, 1.54) is 16.6 Å². The van der Waals surface area contributed by atoms with E-state index in [1.54, 1.807) is 24.3 Å². The minimum Gasteiger partial charge on any atom is -0.224 e. The summed E-state index contributed by atoms with van der Waals surface area (Å²) in [5, 5.41) is 12.4. The van der Waals surface area contributed by atoms with Crippen molar-refractivity contribution in [3.63, 3.8) is 0 Å². The van der Waals surface area contributed by atoms with E-state index in [2.05, 4.69) is 15.3 Å². The molecule has 0 unspecified atom stereocenters. The van der Waals surface area contributed by atoms with Crippen LogP contribution in [0.3, 0.4) is 0 Å². The van der Waals surface area contributed by atoms with Crippen molar-refractivity contribution in [1.82, 2.24) is 19.8 Å². The van der Waals surface area contributed by atoms with Gasteiger partial charge in [-0.2, -0.15) is 9.61 Å². The number of hydrogen-bond donors (Lipinski definition) is 0. The number of benzene rings is 1. The lowest BCUT2D eigenvalue weighted by Gasteiger charge is -2.02. The molecule has 2 heterocycles. The number of hydrogen-bond acceptors (Lipinski definition) is 5. The third-order valence-corrected chi connectivity index (χ3v) is 4.06. The van der Waals surface area contributed by atoms with Crippen molar-refractivity contribution in [3.05, 3.63) is 41.6 Å². The van der Waals surface area contributed by atoms with Crippen LogP contribution in [0.5, 0.6) is 0 Å². The van der Waals surface area contributed by atoms with Crippen LogP contribution in [0.2, 0.25) is 5.15 Å². The molecule has 0 fully saturated rings. The van der Waals surface area contributed by atoms with Crippen LogP contribution in [0.4, 0.5) is 0 Å². The summed E-state index contributed by atoms with van der Waals surface area (Å²) in [5.41, 5.74) is 1.14. The van der Waals surface area contributed by atoms with Gasteiger partial charge in [-0.3, -0.25) is 0 Å². The maximum absolute atomic E-state index is 11.6. The molecule has 0 saturated carbocycles. The van der Waals surface area contributed by atoms with Gasteiger partial charge in [0.25, 0.3) is 0 Å². The first kappa shape index (κ1) is 13.0. The minimum absolute atomic E-state index is 0.216. The molecule has 8 heteroatoms. The monoisotopic (exact) mass is 308 g/mol. The van der Waals surface area contributed by atoms with E-state index >= 15 is 0 Å². The number of aromatic nitrogens is 4. The van der Waals surface area contributed by atoms with E-state index in [4.69, 9.17) is 11.6 Å². The molecule has 0 amide bonds. The van der Waals surface area contributed by atoms with Crippen molar-refractivity contribution in [1.29, 1.82) is 0 Å². The maximum Gasteiger partial charge on any atom is 0.185 e. The summed E-state index contributed by atoms with van der Waals surface area (Å²) in [6.07, 6.45) is 1.16. The first-order valence-corrected chi connectivity index (χ1v) is 7.90. The Bertz CT molecular complexity index is 905. The fourth-order valence-electron chi connectivity index (χ4n) is 1.81. The van der Waals surface area contributed by atoms with Crippen molar-refractivity contribution in [2.75, 3.05) is 6.26 Å². The Balaban J connectivity index is 2.23. The fourth-order valence-corrected chi connectivity index (χ4v) is 2.62. The molecule has 20 heavy (non-hydrogen) atoms. The van der Waals surface area contributed by atoms with Crippen LogP contribution in [0.15, 0.2) is 41.3 Å². The molecule has 2 aromatic heterocycles. The third kappa shape index (κ3) is 2.25. The Kier molecular flexibility index (Phi) is 2.95. The number of halogens is 1. The fraction of sp³-hybridized carbons (Fsp3) is 0.0833. The first-order chi connectivity index (χ1) is 9.45. The second kappa shape index (κ2) is 4.53. The highest BCUT2D eigenvalue weighted by Gasteiger charge is 2.13. The number of nitrogens with zero attached hydrogens (tertiary/aromatic N) is 4. The second-order valence-corrected chi connectivity index (χ2v) is 6.65. The second-order valence-electron chi connectivity index (χ2n) is 4.25. The highest BCUT2D eigenvalue weighted by Crippen LogP contribution is 2.21. The minimum atomic E-state index is -3.28. The molecule has 0 saturated heterocycles. The van der Waals surface area contributed by atoms with Gasteiger partial charge in [0, 0.05) is 11.8 Å². The van der Waals surface area contributed by atoms with E-state index in [9.17, 15) is 8.42 Å². The lowest BCUT2D eigenvalue weighted by Crippen LogP contribution is -1.99. The predicted molar refractivity (Wildman–Crippen MR) is 74.3 cm³/mol. The van der Waals surface area contributed by atoms with Crippen LogP contribution in [0.25, 0.3) is 17.0 Å². The van der Waals surface area contributed by atoms with Gasteiger partial charge in [-0.1, -0.05) is 23.7 Å². The zero-order valence-corrected chi connectivity index (χ0v) is 11.9. The van der Waals surface area contributed by atoms with Crippen molar-refractivity contribution >= 4 is 27.1 Å². The maximum atomic E-state index is 11.6. The molecule has 0 atom stereocenters. The molecule has 0 bridgehead atoms. The van der Waals surface area contributed by atoms with Gasteiger partial charge in [-0.15, -0.1) is 10.2 Å². The molecule has 0 aliphatic carbocycles. The van der Waals surface area contributed by atoms with E-state index < -0.39 is 9.84 Å². The van der Waals surface area contributed by atoms with E-state index in [1.807, 2.05) is 0 Å². The Morgan fingerprint density at radius 2 is 1.95 bits per heavy atom. The van der Waals surface area contributed by atoms with Gasteiger partial charge in [-0.05, 0) is 24.3 Å². The number of sulfone groups is 1. The van der Waals surface area contributed by atoms with Crippen LogP contribution in [0, 0.1) is 0 Å². The predicted octanol–water partition coefficient (Wildman–Crippen LogP) is 1.85. The Morgan fingerprint density at radius 1 is 1.15 bits per heavy atom. The topological polar surface area (TPSA) is 77.2 Å².